The van der Waals surface area contributed by atoms with Gasteiger partial charge in [0.2, 0.25) is 0 Å². The first-order valence-corrected chi connectivity index (χ1v) is 12.3. The highest BCUT2D eigenvalue weighted by atomic mass is 16.5. The van der Waals surface area contributed by atoms with E-state index in [-0.39, 0.29) is 0 Å². The first kappa shape index (κ1) is 23.8. The Labute approximate surface area is 188 Å². The lowest BCUT2D eigenvalue weighted by Gasteiger charge is -2.39. The maximum absolute atomic E-state index is 5.59. The second-order valence-corrected chi connectivity index (χ2v) is 8.58. The zero-order valence-electron chi connectivity index (χ0n) is 19.8. The molecule has 2 aliphatic heterocycles. The van der Waals surface area contributed by atoms with Crippen LogP contribution < -0.4 is 15.5 Å². The van der Waals surface area contributed by atoms with Crippen LogP contribution in [0.15, 0.2) is 23.3 Å². The molecule has 3 rings (SSSR count). The molecule has 0 radical (unpaired) electrons. The van der Waals surface area contributed by atoms with Crippen molar-refractivity contribution in [3.05, 3.63) is 23.9 Å². The Hall–Kier alpha value is -1.86. The average molecular weight is 431 g/mol. The van der Waals surface area contributed by atoms with Crippen LogP contribution in [0, 0.1) is 5.92 Å². The molecule has 0 spiro atoms. The number of nitrogens with zero attached hydrogens (tertiary/aromatic N) is 4. The van der Waals surface area contributed by atoms with Gasteiger partial charge in [0.15, 0.2) is 5.96 Å². The van der Waals surface area contributed by atoms with Gasteiger partial charge in [-0.05, 0) is 43.4 Å². The minimum absolute atomic E-state index is 0.505. The lowest BCUT2D eigenvalue weighted by Crippen LogP contribution is -2.53. The van der Waals surface area contributed by atoms with E-state index in [0.717, 1.165) is 64.3 Å². The van der Waals surface area contributed by atoms with E-state index in [9.17, 15) is 0 Å². The van der Waals surface area contributed by atoms with Crippen LogP contribution in [0.5, 0.6) is 0 Å². The minimum atomic E-state index is 0.505. The largest absolute Gasteiger partial charge is 0.379 e. The summed E-state index contributed by atoms with van der Waals surface area (Å²) in [5, 5.41) is 7.06. The fourth-order valence-electron chi connectivity index (χ4n) is 4.73. The number of aromatic nitrogens is 1. The molecule has 7 nitrogen and oxygen atoms in total. The maximum atomic E-state index is 5.59. The summed E-state index contributed by atoms with van der Waals surface area (Å²) >= 11 is 0. The van der Waals surface area contributed by atoms with Crippen molar-refractivity contribution in [2.75, 3.05) is 57.4 Å². The van der Waals surface area contributed by atoms with Gasteiger partial charge < -0.3 is 20.3 Å². The number of aliphatic imine (C=N–C) groups is 1. The summed E-state index contributed by atoms with van der Waals surface area (Å²) in [7, 11) is 0. The predicted octanol–water partition coefficient (Wildman–Crippen LogP) is 2.87. The zero-order valence-corrected chi connectivity index (χ0v) is 19.8. The molecule has 2 N–H and O–H groups in total. The van der Waals surface area contributed by atoms with E-state index in [1.807, 2.05) is 6.20 Å². The molecule has 0 saturated carbocycles. The maximum Gasteiger partial charge on any atom is 0.191 e. The summed E-state index contributed by atoms with van der Waals surface area (Å²) in [6.07, 6.45) is 6.84. The summed E-state index contributed by atoms with van der Waals surface area (Å²) in [6.45, 7) is 15.1. The molecule has 0 bridgehead atoms. The molecule has 0 aliphatic carbocycles. The normalized spacial score (nSPS) is 19.1. The van der Waals surface area contributed by atoms with Gasteiger partial charge in [-0.25, -0.2) is 9.98 Å². The summed E-state index contributed by atoms with van der Waals surface area (Å²) in [4.78, 5) is 14.4. The van der Waals surface area contributed by atoms with Gasteiger partial charge in [0.1, 0.15) is 5.82 Å². The van der Waals surface area contributed by atoms with Crippen molar-refractivity contribution in [2.24, 2.45) is 10.9 Å². The van der Waals surface area contributed by atoms with Crippen LogP contribution in [0.1, 0.15) is 52.0 Å². The molecule has 7 heteroatoms. The van der Waals surface area contributed by atoms with E-state index in [4.69, 9.17) is 9.73 Å². The zero-order chi connectivity index (χ0) is 21.9. The lowest BCUT2D eigenvalue weighted by molar-refractivity contribution is 0.00272. The fraction of sp³-hybridized carbons (Fsp3) is 0.750. The Balaban J connectivity index is 1.63. The number of nitrogens with one attached hydrogen (secondary N) is 2. The molecule has 2 saturated heterocycles. The second kappa shape index (κ2) is 12.9. The molecule has 31 heavy (non-hydrogen) atoms. The Morgan fingerprint density at radius 2 is 1.84 bits per heavy atom. The van der Waals surface area contributed by atoms with Crippen molar-refractivity contribution in [1.29, 1.82) is 0 Å². The Bertz CT molecular complexity index is 666. The Morgan fingerprint density at radius 1 is 1.10 bits per heavy atom. The monoisotopic (exact) mass is 430 g/mol. The average Bonchev–Trinajstić information content (AvgIpc) is 3.36. The molecule has 1 atom stereocenters. The third kappa shape index (κ3) is 7.07. The predicted molar refractivity (Wildman–Crippen MR) is 129 cm³/mol. The van der Waals surface area contributed by atoms with Gasteiger partial charge >= 0.3 is 0 Å². The smallest absolute Gasteiger partial charge is 0.191 e. The van der Waals surface area contributed by atoms with E-state index < -0.39 is 0 Å². The number of morpholine rings is 1. The van der Waals surface area contributed by atoms with Gasteiger partial charge in [0.05, 0.1) is 19.8 Å². The topological polar surface area (TPSA) is 65.0 Å². The molecule has 2 fully saturated rings. The number of rotatable bonds is 10. The first-order chi connectivity index (χ1) is 15.2. The number of hydrogen-bond acceptors (Lipinski definition) is 5. The highest BCUT2D eigenvalue weighted by Gasteiger charge is 2.27. The van der Waals surface area contributed by atoms with Gasteiger partial charge in [-0.1, -0.05) is 26.7 Å². The molecular formula is C24H42N6O. The van der Waals surface area contributed by atoms with Crippen molar-refractivity contribution in [3.63, 3.8) is 0 Å². The third-order valence-electron chi connectivity index (χ3n) is 6.59. The van der Waals surface area contributed by atoms with E-state index >= 15 is 0 Å². The highest BCUT2D eigenvalue weighted by molar-refractivity contribution is 5.79. The third-order valence-corrected chi connectivity index (χ3v) is 6.59. The standard InChI is InChI=1S/C24H42N6O/c1-4-21(5-2)22(29-13-15-31-16-14-29)19-28-24(25-6-3)27-18-20-9-10-26-23(17-20)30-11-7-8-12-30/h9-10,17,21-22H,4-8,11-16,18-19H2,1-3H3,(H2,25,27,28). The lowest BCUT2D eigenvalue weighted by atomic mass is 9.92. The van der Waals surface area contributed by atoms with Crippen molar-refractivity contribution in [1.82, 2.24) is 20.5 Å². The molecule has 0 aromatic carbocycles. The molecule has 1 aromatic heterocycles. The van der Waals surface area contributed by atoms with E-state index in [1.165, 1.54) is 31.2 Å². The van der Waals surface area contributed by atoms with Crippen molar-refractivity contribution < 1.29 is 4.74 Å². The van der Waals surface area contributed by atoms with Crippen molar-refractivity contribution in [3.8, 4) is 0 Å². The first-order valence-electron chi connectivity index (χ1n) is 12.3. The number of guanidine groups is 1. The van der Waals surface area contributed by atoms with E-state index in [1.54, 1.807) is 0 Å². The highest BCUT2D eigenvalue weighted by Crippen LogP contribution is 2.20. The van der Waals surface area contributed by atoms with Crippen LogP contribution in [0.2, 0.25) is 0 Å². The summed E-state index contributed by atoms with van der Waals surface area (Å²) in [5.41, 5.74) is 1.21. The molecule has 3 heterocycles. The van der Waals surface area contributed by atoms with E-state index in [0.29, 0.717) is 18.5 Å². The summed E-state index contributed by atoms with van der Waals surface area (Å²) < 4.78 is 5.59. The molecule has 2 aliphatic rings. The van der Waals surface area contributed by atoms with Gasteiger partial charge in [-0.2, -0.15) is 0 Å². The Morgan fingerprint density at radius 3 is 2.52 bits per heavy atom. The summed E-state index contributed by atoms with van der Waals surface area (Å²) in [5.74, 6) is 2.66. The van der Waals surface area contributed by atoms with Crippen LogP contribution in [0.3, 0.4) is 0 Å². The van der Waals surface area contributed by atoms with Crippen LogP contribution in [0.4, 0.5) is 5.82 Å². The van der Waals surface area contributed by atoms with Crippen LogP contribution in [-0.4, -0.2) is 74.4 Å². The molecule has 1 unspecified atom stereocenters. The molecule has 1 aromatic rings. The number of hydrogen-bond donors (Lipinski definition) is 2. The van der Waals surface area contributed by atoms with Crippen molar-refractivity contribution in [2.45, 2.75) is 59.0 Å². The van der Waals surface area contributed by atoms with Crippen LogP contribution in [-0.2, 0) is 11.3 Å². The van der Waals surface area contributed by atoms with Crippen LogP contribution >= 0.6 is 0 Å². The summed E-state index contributed by atoms with van der Waals surface area (Å²) in [6, 6.07) is 4.78. The minimum Gasteiger partial charge on any atom is -0.379 e. The second-order valence-electron chi connectivity index (χ2n) is 8.58. The number of pyridine rings is 1. The fourth-order valence-corrected chi connectivity index (χ4v) is 4.73. The Kier molecular flexibility index (Phi) is 9.87. The number of anilines is 1. The molecule has 0 amide bonds. The van der Waals surface area contributed by atoms with Gasteiger partial charge in [-0.3, -0.25) is 4.90 Å². The van der Waals surface area contributed by atoms with Crippen LogP contribution in [0.25, 0.3) is 0 Å². The molecule has 174 valence electrons. The van der Waals surface area contributed by atoms with Gasteiger partial charge in [0.25, 0.3) is 0 Å². The number of ether oxygens (including phenoxy) is 1. The SMILES string of the molecule is CCNC(=NCc1ccnc(N2CCCC2)c1)NCC(C(CC)CC)N1CCOCC1. The van der Waals surface area contributed by atoms with Crippen molar-refractivity contribution >= 4 is 11.8 Å². The van der Waals surface area contributed by atoms with E-state index in [2.05, 4.69) is 58.3 Å². The molecular weight excluding hydrogens is 388 g/mol. The van der Waals surface area contributed by atoms with Gasteiger partial charge in [-0.15, -0.1) is 0 Å². The van der Waals surface area contributed by atoms with Gasteiger partial charge in [0, 0.05) is 51.5 Å². The quantitative estimate of drug-likeness (QED) is 0.440.